The number of aromatic nitrogens is 2. The van der Waals surface area contributed by atoms with Crippen LogP contribution in [0, 0.1) is 0 Å². The number of hydrogen-bond acceptors (Lipinski definition) is 3. The SMILES string of the molecule is C=c1c(=C(C)C)c(-c2ccc(C(C)=O)cc2)nn1C1CC(N)C1. The van der Waals surface area contributed by atoms with Gasteiger partial charge in [-0.1, -0.05) is 36.4 Å². The molecular weight excluding hydrogens is 286 g/mol. The minimum atomic E-state index is 0.0711. The second-order valence-corrected chi connectivity index (χ2v) is 6.63. The van der Waals surface area contributed by atoms with Gasteiger partial charge in [0.1, 0.15) is 5.69 Å². The summed E-state index contributed by atoms with van der Waals surface area (Å²) in [7, 11) is 0. The highest BCUT2D eigenvalue weighted by molar-refractivity contribution is 5.94. The van der Waals surface area contributed by atoms with E-state index in [9.17, 15) is 4.79 Å². The topological polar surface area (TPSA) is 60.9 Å². The lowest BCUT2D eigenvalue weighted by Crippen LogP contribution is -2.43. The lowest BCUT2D eigenvalue weighted by molar-refractivity contribution is 0.101. The van der Waals surface area contributed by atoms with Crippen molar-refractivity contribution in [2.45, 2.75) is 45.7 Å². The van der Waals surface area contributed by atoms with Crippen molar-refractivity contribution in [3.8, 4) is 11.3 Å². The number of nitrogens with two attached hydrogens (primary N) is 1. The van der Waals surface area contributed by atoms with E-state index in [0.717, 1.165) is 34.7 Å². The third kappa shape index (κ3) is 2.75. The molecule has 0 atom stereocenters. The van der Waals surface area contributed by atoms with Crippen LogP contribution in [0.25, 0.3) is 23.4 Å². The van der Waals surface area contributed by atoms with Crippen LogP contribution in [-0.2, 0) is 0 Å². The second-order valence-electron chi connectivity index (χ2n) is 6.63. The number of benzene rings is 1. The van der Waals surface area contributed by atoms with Crippen molar-refractivity contribution in [3.05, 3.63) is 40.4 Å². The zero-order chi connectivity index (χ0) is 16.7. The van der Waals surface area contributed by atoms with Crippen LogP contribution in [-0.4, -0.2) is 21.6 Å². The van der Waals surface area contributed by atoms with Crippen molar-refractivity contribution in [2.75, 3.05) is 0 Å². The Kier molecular flexibility index (Phi) is 3.94. The van der Waals surface area contributed by atoms with Gasteiger partial charge in [-0.25, -0.2) is 0 Å². The van der Waals surface area contributed by atoms with Crippen LogP contribution in [0.15, 0.2) is 24.3 Å². The van der Waals surface area contributed by atoms with E-state index in [2.05, 4.69) is 20.4 Å². The van der Waals surface area contributed by atoms with E-state index >= 15 is 0 Å². The van der Waals surface area contributed by atoms with Gasteiger partial charge >= 0.3 is 0 Å². The molecule has 0 radical (unpaired) electrons. The van der Waals surface area contributed by atoms with E-state index < -0.39 is 0 Å². The van der Waals surface area contributed by atoms with Crippen molar-refractivity contribution in [1.82, 2.24) is 9.78 Å². The van der Waals surface area contributed by atoms with Gasteiger partial charge in [-0.15, -0.1) is 0 Å². The van der Waals surface area contributed by atoms with Gasteiger partial charge in [-0.05, 0) is 33.6 Å². The molecule has 2 N–H and O–H groups in total. The second kappa shape index (κ2) is 5.78. The molecule has 2 aromatic rings. The summed E-state index contributed by atoms with van der Waals surface area (Å²) in [5, 5.41) is 6.87. The highest BCUT2D eigenvalue weighted by atomic mass is 16.1. The molecule has 0 saturated heterocycles. The number of carbonyl (C=O) groups is 1. The maximum atomic E-state index is 11.4. The van der Waals surface area contributed by atoms with E-state index in [1.807, 2.05) is 28.9 Å². The number of carbonyl (C=O) groups excluding carboxylic acids is 1. The highest BCUT2D eigenvalue weighted by Gasteiger charge is 2.29. The molecule has 0 bridgehead atoms. The van der Waals surface area contributed by atoms with E-state index in [-0.39, 0.29) is 11.8 Å². The van der Waals surface area contributed by atoms with Crippen LogP contribution < -0.4 is 16.3 Å². The van der Waals surface area contributed by atoms with Crippen molar-refractivity contribution in [2.24, 2.45) is 5.73 Å². The number of hydrogen-bond donors (Lipinski definition) is 1. The molecule has 3 rings (SSSR count). The van der Waals surface area contributed by atoms with Gasteiger partial charge in [0.05, 0.1) is 11.4 Å². The average Bonchev–Trinajstić information content (AvgIpc) is 2.81. The number of ketones is 1. The van der Waals surface area contributed by atoms with Crippen molar-refractivity contribution in [3.63, 3.8) is 0 Å². The molecule has 1 aromatic carbocycles. The fraction of sp³-hybridized carbons (Fsp3) is 0.368. The van der Waals surface area contributed by atoms with Gasteiger partial charge in [0, 0.05) is 22.4 Å². The molecule has 0 amide bonds. The summed E-state index contributed by atoms with van der Waals surface area (Å²) < 4.78 is 2.03. The molecule has 0 unspecified atom stereocenters. The molecule has 1 aliphatic rings. The van der Waals surface area contributed by atoms with E-state index in [1.54, 1.807) is 6.92 Å². The van der Waals surface area contributed by atoms with Gasteiger partial charge < -0.3 is 5.73 Å². The Morgan fingerprint density at radius 2 is 1.83 bits per heavy atom. The number of Topliss-reactive ketones (excluding diaryl/α,β-unsaturated/α-hetero) is 1. The van der Waals surface area contributed by atoms with Crippen molar-refractivity contribution < 1.29 is 4.79 Å². The molecule has 1 aromatic heterocycles. The molecule has 120 valence electrons. The minimum absolute atomic E-state index is 0.0711. The molecule has 1 heterocycles. The lowest BCUT2D eigenvalue weighted by Gasteiger charge is -2.32. The Morgan fingerprint density at radius 1 is 1.22 bits per heavy atom. The smallest absolute Gasteiger partial charge is 0.159 e. The quantitative estimate of drug-likeness (QED) is 0.882. The highest BCUT2D eigenvalue weighted by Crippen LogP contribution is 2.29. The maximum Gasteiger partial charge on any atom is 0.159 e. The van der Waals surface area contributed by atoms with Crippen LogP contribution in [0.1, 0.15) is 50.0 Å². The zero-order valence-electron chi connectivity index (χ0n) is 14.0. The number of rotatable bonds is 3. The molecule has 1 saturated carbocycles. The Bertz CT molecular complexity index is 851. The van der Waals surface area contributed by atoms with Gasteiger partial charge in [0.2, 0.25) is 0 Å². The van der Waals surface area contributed by atoms with E-state index in [4.69, 9.17) is 10.8 Å². The van der Waals surface area contributed by atoms with Crippen LogP contribution in [0.4, 0.5) is 0 Å². The summed E-state index contributed by atoms with van der Waals surface area (Å²) in [6.07, 6.45) is 1.91. The summed E-state index contributed by atoms with van der Waals surface area (Å²) in [4.78, 5) is 11.4. The standard InChI is InChI=1S/C19H23N3O/c1-11(2)18-12(3)22(17-9-16(20)10-17)21-19(18)15-7-5-14(6-8-15)13(4)23/h5-8,16-17H,3,9-10,20H2,1-2,4H3. The van der Waals surface area contributed by atoms with Crippen LogP contribution in [0.3, 0.4) is 0 Å². The Balaban J connectivity index is 2.12. The fourth-order valence-electron chi connectivity index (χ4n) is 3.19. The third-order valence-corrected chi connectivity index (χ3v) is 4.57. The first-order valence-electron chi connectivity index (χ1n) is 8.00. The predicted molar refractivity (Wildman–Crippen MR) is 93.4 cm³/mol. The first-order chi connectivity index (χ1) is 10.9. The third-order valence-electron chi connectivity index (χ3n) is 4.57. The Morgan fingerprint density at radius 3 is 2.30 bits per heavy atom. The normalized spacial score (nSPS) is 20.2. The largest absolute Gasteiger partial charge is 0.328 e. The first kappa shape index (κ1) is 15.7. The van der Waals surface area contributed by atoms with Crippen LogP contribution in [0.5, 0.6) is 0 Å². The van der Waals surface area contributed by atoms with Crippen LogP contribution in [0.2, 0.25) is 0 Å². The van der Waals surface area contributed by atoms with Gasteiger partial charge in [-0.2, -0.15) is 5.10 Å². The summed E-state index contributed by atoms with van der Waals surface area (Å²) >= 11 is 0. The van der Waals surface area contributed by atoms with Crippen molar-refractivity contribution in [1.29, 1.82) is 0 Å². The molecule has 0 spiro atoms. The molecular formula is C19H23N3O. The van der Waals surface area contributed by atoms with Gasteiger partial charge in [-0.3, -0.25) is 9.48 Å². The summed E-state index contributed by atoms with van der Waals surface area (Å²) in [6.45, 7) is 9.98. The van der Waals surface area contributed by atoms with Crippen LogP contribution >= 0.6 is 0 Å². The molecule has 1 aliphatic carbocycles. The summed E-state index contributed by atoms with van der Waals surface area (Å²) in [6, 6.07) is 8.25. The molecule has 4 heteroatoms. The van der Waals surface area contributed by atoms with Gasteiger partial charge in [0.25, 0.3) is 0 Å². The Hall–Kier alpha value is -2.20. The molecule has 1 fully saturated rings. The summed E-state index contributed by atoms with van der Waals surface area (Å²) in [5.74, 6) is 0.0711. The monoisotopic (exact) mass is 309 g/mol. The minimum Gasteiger partial charge on any atom is -0.328 e. The zero-order valence-corrected chi connectivity index (χ0v) is 14.0. The molecule has 4 nitrogen and oxygen atoms in total. The number of nitrogens with zero attached hydrogens (tertiary/aromatic N) is 2. The van der Waals surface area contributed by atoms with Crippen molar-refractivity contribution >= 4 is 17.9 Å². The van der Waals surface area contributed by atoms with E-state index in [1.165, 1.54) is 5.57 Å². The van der Waals surface area contributed by atoms with E-state index in [0.29, 0.717) is 11.6 Å². The summed E-state index contributed by atoms with van der Waals surface area (Å²) in [5.41, 5.74) is 9.77. The maximum absolute atomic E-state index is 11.4. The first-order valence-corrected chi connectivity index (χ1v) is 8.00. The average molecular weight is 309 g/mol. The molecule has 0 aliphatic heterocycles. The Labute approximate surface area is 136 Å². The predicted octanol–water partition coefficient (Wildman–Crippen LogP) is 2.02. The van der Waals surface area contributed by atoms with Gasteiger partial charge in [0.15, 0.2) is 5.78 Å². The lowest BCUT2D eigenvalue weighted by atomic mass is 9.88. The molecule has 23 heavy (non-hydrogen) atoms. The fourth-order valence-corrected chi connectivity index (χ4v) is 3.19.